The Balaban J connectivity index is 2.05. The van der Waals surface area contributed by atoms with Gasteiger partial charge in [-0.25, -0.2) is 9.97 Å². The predicted octanol–water partition coefficient (Wildman–Crippen LogP) is 1.52. The van der Waals surface area contributed by atoms with Crippen LogP contribution in [0.15, 0.2) is 12.5 Å². The molecular formula is C13H18N4O. The second-order valence-electron chi connectivity index (χ2n) is 5.05. The molecule has 18 heavy (non-hydrogen) atoms. The third-order valence-electron chi connectivity index (χ3n) is 3.96. The fourth-order valence-corrected chi connectivity index (χ4v) is 2.81. The lowest BCUT2D eigenvalue weighted by molar-refractivity contribution is 0.114. The second-order valence-corrected chi connectivity index (χ2v) is 5.05. The van der Waals surface area contributed by atoms with E-state index in [9.17, 15) is 0 Å². The van der Waals surface area contributed by atoms with Crippen LogP contribution in [0.3, 0.4) is 0 Å². The van der Waals surface area contributed by atoms with Crippen LogP contribution in [0, 0.1) is 5.92 Å². The minimum Gasteiger partial charge on any atom is -0.396 e. The molecule has 0 aromatic carbocycles. The van der Waals surface area contributed by atoms with Crippen LogP contribution in [0.4, 0.5) is 5.82 Å². The third-order valence-corrected chi connectivity index (χ3v) is 3.96. The number of nitrogen functional groups attached to an aromatic ring is 1. The van der Waals surface area contributed by atoms with Crippen LogP contribution in [-0.4, -0.2) is 26.2 Å². The van der Waals surface area contributed by atoms with Gasteiger partial charge in [-0.05, 0) is 30.7 Å². The highest BCUT2D eigenvalue weighted by molar-refractivity contribution is 5.89. The van der Waals surface area contributed by atoms with Crippen LogP contribution < -0.4 is 5.73 Å². The molecule has 0 aliphatic heterocycles. The van der Waals surface area contributed by atoms with Crippen LogP contribution in [0.1, 0.15) is 31.4 Å². The van der Waals surface area contributed by atoms with Crippen LogP contribution in [0.2, 0.25) is 0 Å². The molecule has 2 aromatic rings. The van der Waals surface area contributed by atoms with Crippen molar-refractivity contribution in [3.63, 3.8) is 0 Å². The summed E-state index contributed by atoms with van der Waals surface area (Å²) in [5, 5.41) is 10.1. The van der Waals surface area contributed by atoms with Gasteiger partial charge in [-0.1, -0.05) is 6.92 Å². The van der Waals surface area contributed by atoms with E-state index < -0.39 is 0 Å². The molecule has 0 bridgehead atoms. The molecule has 1 aliphatic rings. The summed E-state index contributed by atoms with van der Waals surface area (Å²) >= 11 is 0. The second kappa shape index (κ2) is 4.24. The maximum Gasteiger partial charge on any atom is 0.146 e. The Bertz CT molecular complexity index is 572. The summed E-state index contributed by atoms with van der Waals surface area (Å²) in [5.41, 5.74) is 8.09. The highest BCUT2D eigenvalue weighted by Crippen LogP contribution is 2.40. The molecule has 5 heteroatoms. The number of aliphatic hydroxyl groups is 1. The van der Waals surface area contributed by atoms with E-state index in [4.69, 9.17) is 10.8 Å². The Labute approximate surface area is 106 Å². The molecule has 3 N–H and O–H groups in total. The van der Waals surface area contributed by atoms with Gasteiger partial charge in [-0.2, -0.15) is 0 Å². The van der Waals surface area contributed by atoms with Crippen LogP contribution in [0.25, 0.3) is 11.0 Å². The first-order valence-corrected chi connectivity index (χ1v) is 6.45. The Kier molecular flexibility index (Phi) is 2.70. The predicted molar refractivity (Wildman–Crippen MR) is 70.2 cm³/mol. The molecule has 5 nitrogen and oxygen atoms in total. The van der Waals surface area contributed by atoms with Gasteiger partial charge < -0.3 is 15.4 Å². The van der Waals surface area contributed by atoms with E-state index in [1.807, 2.05) is 0 Å². The van der Waals surface area contributed by atoms with Gasteiger partial charge in [0.1, 0.15) is 17.8 Å². The molecular weight excluding hydrogens is 228 g/mol. The number of aryl methyl sites for hydroxylation is 1. The smallest absolute Gasteiger partial charge is 0.146 e. The number of aliphatic hydroxyl groups excluding tert-OH is 1. The van der Waals surface area contributed by atoms with Crippen LogP contribution in [0.5, 0.6) is 0 Å². The lowest BCUT2D eigenvalue weighted by Gasteiger charge is -2.35. The van der Waals surface area contributed by atoms with Gasteiger partial charge in [-0.3, -0.25) is 0 Å². The lowest BCUT2D eigenvalue weighted by Crippen LogP contribution is -2.28. The van der Waals surface area contributed by atoms with Gasteiger partial charge in [0.15, 0.2) is 0 Å². The quantitative estimate of drug-likeness (QED) is 0.860. The molecule has 0 amide bonds. The van der Waals surface area contributed by atoms with Crippen LogP contribution >= 0.6 is 0 Å². The van der Waals surface area contributed by atoms with Gasteiger partial charge >= 0.3 is 0 Å². The minimum absolute atomic E-state index is 0.285. The molecule has 3 rings (SSSR count). The fraction of sp³-hybridized carbons (Fsp3) is 0.538. The molecule has 0 unspecified atom stereocenters. The number of hydrogen-bond donors (Lipinski definition) is 2. The number of rotatable bonds is 3. The van der Waals surface area contributed by atoms with Crippen molar-refractivity contribution in [3.05, 3.63) is 18.1 Å². The molecule has 1 saturated carbocycles. The highest BCUT2D eigenvalue weighted by Gasteiger charge is 2.31. The van der Waals surface area contributed by atoms with Crippen molar-refractivity contribution in [3.8, 4) is 0 Å². The summed E-state index contributed by atoms with van der Waals surface area (Å²) in [7, 11) is 0. The summed E-state index contributed by atoms with van der Waals surface area (Å²) in [6, 6.07) is 0.444. The van der Waals surface area contributed by atoms with Crippen molar-refractivity contribution in [2.75, 3.05) is 12.3 Å². The Hall–Kier alpha value is -1.62. The van der Waals surface area contributed by atoms with Gasteiger partial charge in [0.25, 0.3) is 0 Å². The van der Waals surface area contributed by atoms with Gasteiger partial charge in [-0.15, -0.1) is 0 Å². The zero-order valence-electron chi connectivity index (χ0n) is 10.5. The average Bonchev–Trinajstić information content (AvgIpc) is 2.68. The largest absolute Gasteiger partial charge is 0.396 e. The van der Waals surface area contributed by atoms with Crippen molar-refractivity contribution in [2.24, 2.45) is 5.92 Å². The molecule has 0 atom stereocenters. The summed E-state index contributed by atoms with van der Waals surface area (Å²) in [6.07, 6.45) is 6.64. The molecule has 0 radical (unpaired) electrons. The lowest BCUT2D eigenvalue weighted by atomic mass is 9.81. The normalized spacial score (nSPS) is 23.2. The monoisotopic (exact) mass is 246 g/mol. The topological polar surface area (TPSA) is 77.0 Å². The van der Waals surface area contributed by atoms with Crippen molar-refractivity contribution < 1.29 is 5.11 Å². The highest BCUT2D eigenvalue weighted by atomic mass is 16.3. The SMILES string of the molecule is CCc1cn(C2CC(CO)C2)c2ncnc(N)c12. The first-order valence-electron chi connectivity index (χ1n) is 6.45. The zero-order valence-corrected chi connectivity index (χ0v) is 10.5. The first-order chi connectivity index (χ1) is 8.74. The maximum atomic E-state index is 9.10. The number of nitrogens with zero attached hydrogens (tertiary/aromatic N) is 3. The van der Waals surface area contributed by atoms with E-state index in [1.54, 1.807) is 0 Å². The number of anilines is 1. The molecule has 0 spiro atoms. The standard InChI is InChI=1S/C13H18N4O/c1-2-9-5-17(10-3-8(4-10)6-18)13-11(9)12(14)15-7-16-13/h5,7-8,10,18H,2-4,6H2,1H3,(H2,14,15,16). The van der Waals surface area contributed by atoms with Gasteiger partial charge in [0, 0.05) is 18.8 Å². The Morgan fingerprint density at radius 3 is 2.89 bits per heavy atom. The van der Waals surface area contributed by atoms with E-state index in [-0.39, 0.29) is 6.61 Å². The van der Waals surface area contributed by atoms with E-state index in [0.29, 0.717) is 17.8 Å². The number of aromatic nitrogens is 3. The number of hydrogen-bond acceptors (Lipinski definition) is 4. The number of nitrogens with two attached hydrogens (primary N) is 1. The summed E-state index contributed by atoms with van der Waals surface area (Å²) in [4.78, 5) is 8.45. The molecule has 0 saturated heterocycles. The Morgan fingerprint density at radius 1 is 1.44 bits per heavy atom. The van der Waals surface area contributed by atoms with E-state index in [2.05, 4.69) is 27.7 Å². The molecule has 2 heterocycles. The summed E-state index contributed by atoms with van der Waals surface area (Å²) < 4.78 is 2.21. The number of fused-ring (bicyclic) bond motifs is 1. The first kappa shape index (κ1) is 11.5. The van der Waals surface area contributed by atoms with E-state index in [1.165, 1.54) is 11.9 Å². The van der Waals surface area contributed by atoms with Crippen LogP contribution in [-0.2, 0) is 6.42 Å². The summed E-state index contributed by atoms with van der Waals surface area (Å²) in [5.74, 6) is 1.00. The van der Waals surface area contributed by atoms with Crippen molar-refractivity contribution in [1.82, 2.24) is 14.5 Å². The molecule has 2 aromatic heterocycles. The molecule has 1 fully saturated rings. The third kappa shape index (κ3) is 1.58. The molecule has 1 aliphatic carbocycles. The van der Waals surface area contributed by atoms with E-state index >= 15 is 0 Å². The summed E-state index contributed by atoms with van der Waals surface area (Å²) in [6.45, 7) is 2.40. The van der Waals surface area contributed by atoms with Crippen molar-refractivity contribution in [1.29, 1.82) is 0 Å². The van der Waals surface area contributed by atoms with E-state index in [0.717, 1.165) is 30.3 Å². The zero-order chi connectivity index (χ0) is 12.7. The fourth-order valence-electron chi connectivity index (χ4n) is 2.81. The Morgan fingerprint density at radius 2 is 2.22 bits per heavy atom. The van der Waals surface area contributed by atoms with Crippen molar-refractivity contribution in [2.45, 2.75) is 32.2 Å². The molecule has 96 valence electrons. The van der Waals surface area contributed by atoms with Gasteiger partial charge in [0.05, 0.1) is 5.39 Å². The maximum absolute atomic E-state index is 9.10. The van der Waals surface area contributed by atoms with Crippen molar-refractivity contribution >= 4 is 16.9 Å². The van der Waals surface area contributed by atoms with Gasteiger partial charge in [0.2, 0.25) is 0 Å². The minimum atomic E-state index is 0.285. The average molecular weight is 246 g/mol.